The number of anilines is 2. The minimum atomic E-state index is -0.200. The fourth-order valence-electron chi connectivity index (χ4n) is 10.7. The number of rotatable bonds is 6. The highest BCUT2D eigenvalue weighted by molar-refractivity contribution is 6.11. The van der Waals surface area contributed by atoms with Crippen molar-refractivity contribution >= 4 is 27.8 Å². The number of piperidine rings is 1. The predicted octanol–water partition coefficient (Wildman–Crippen LogP) is 10.9. The van der Waals surface area contributed by atoms with Gasteiger partial charge in [-0.3, -0.25) is 0 Å². The van der Waals surface area contributed by atoms with Gasteiger partial charge in [-0.15, -0.1) is 4.91 Å². The SMILES string of the molecule is CC1(C)CC(C)(C)CC2(C1)c1ccccc1-c1c2cc(N=O)c2cc(-c3ccc(N4CCOCC4)cc3)c(N3CCCCC3CN=[N+]=[N-])cc12. The van der Waals surface area contributed by atoms with Gasteiger partial charge < -0.3 is 14.5 Å². The molecule has 2 saturated heterocycles. The van der Waals surface area contributed by atoms with Crippen LogP contribution in [0.1, 0.15) is 77.3 Å². The van der Waals surface area contributed by atoms with Crippen molar-refractivity contribution in [3.8, 4) is 22.3 Å². The maximum atomic E-state index is 12.9. The second-order valence-corrected chi connectivity index (χ2v) is 16.7. The molecule has 0 bridgehead atoms. The van der Waals surface area contributed by atoms with Crippen molar-refractivity contribution in [1.82, 2.24) is 0 Å². The lowest BCUT2D eigenvalue weighted by Crippen LogP contribution is -2.43. The van der Waals surface area contributed by atoms with Gasteiger partial charge in [0, 0.05) is 64.9 Å². The van der Waals surface area contributed by atoms with Crippen LogP contribution >= 0.6 is 0 Å². The second kappa shape index (κ2) is 12.4. The normalized spacial score (nSPS) is 21.8. The third kappa shape index (κ3) is 5.53. The van der Waals surface area contributed by atoms with Gasteiger partial charge in [-0.2, -0.15) is 0 Å². The van der Waals surface area contributed by atoms with Crippen LogP contribution in [0.2, 0.25) is 0 Å². The third-order valence-electron chi connectivity index (χ3n) is 11.9. The van der Waals surface area contributed by atoms with E-state index in [0.29, 0.717) is 12.2 Å². The molecule has 1 saturated carbocycles. The summed E-state index contributed by atoms with van der Waals surface area (Å²) < 4.78 is 5.60. The summed E-state index contributed by atoms with van der Waals surface area (Å²) in [4.78, 5) is 20.9. The molecule has 0 N–H and O–H groups in total. The average Bonchev–Trinajstić information content (AvgIpc) is 3.36. The minimum absolute atomic E-state index is 0.0995. The Morgan fingerprint density at radius 3 is 2.30 bits per heavy atom. The Kier molecular flexibility index (Phi) is 8.15. The van der Waals surface area contributed by atoms with E-state index in [4.69, 9.17) is 4.74 Å². The summed E-state index contributed by atoms with van der Waals surface area (Å²) in [6.07, 6.45) is 6.36. The molecule has 258 valence electrons. The number of nitroso groups, excluding NO2 is 1. The summed E-state index contributed by atoms with van der Waals surface area (Å²) in [7, 11) is 0. The first kappa shape index (κ1) is 32.8. The van der Waals surface area contributed by atoms with E-state index in [0.717, 1.165) is 99.0 Å². The van der Waals surface area contributed by atoms with Crippen molar-refractivity contribution in [2.75, 3.05) is 49.2 Å². The van der Waals surface area contributed by atoms with Gasteiger partial charge in [0.05, 0.1) is 13.2 Å². The standard InChI is InChI=1S/C42H48N6O2/c1-40(2)25-41(3,4)27-42(26-40)35-11-6-5-10-31(35)39-34-22-38(48-16-8-7-9-30(48)24-44-46-43)32(21-33(34)37(45-49)23-36(39)42)28-12-14-29(15-13-28)47-17-19-50-20-18-47/h5-6,10-15,21-23,30H,7-9,16-20,24-27H2,1-4H3. The quantitative estimate of drug-likeness (QED) is 0.0884. The third-order valence-corrected chi connectivity index (χ3v) is 11.9. The second-order valence-electron chi connectivity index (χ2n) is 16.7. The van der Waals surface area contributed by atoms with Crippen molar-refractivity contribution in [3.63, 3.8) is 0 Å². The number of hydrogen-bond acceptors (Lipinski definition) is 6. The molecule has 2 heterocycles. The van der Waals surface area contributed by atoms with Crippen molar-refractivity contribution in [3.05, 3.63) is 93.2 Å². The fourth-order valence-corrected chi connectivity index (χ4v) is 10.7. The highest BCUT2D eigenvalue weighted by Gasteiger charge is 2.53. The summed E-state index contributed by atoms with van der Waals surface area (Å²) in [6.45, 7) is 14.2. The number of nitrogens with zero attached hydrogens (tertiary/aromatic N) is 6. The molecule has 1 atom stereocenters. The van der Waals surface area contributed by atoms with Crippen molar-refractivity contribution < 1.29 is 4.74 Å². The Balaban J connectivity index is 1.38. The summed E-state index contributed by atoms with van der Waals surface area (Å²) in [6, 6.07) is 24.6. The van der Waals surface area contributed by atoms with Crippen LogP contribution in [0, 0.1) is 15.7 Å². The Bertz CT molecular complexity index is 1990. The van der Waals surface area contributed by atoms with Gasteiger partial charge in [0.25, 0.3) is 0 Å². The molecule has 1 spiro atoms. The maximum Gasteiger partial charge on any atom is 0.116 e. The van der Waals surface area contributed by atoms with Crippen LogP contribution in [0.3, 0.4) is 0 Å². The molecule has 8 nitrogen and oxygen atoms in total. The lowest BCUT2D eigenvalue weighted by molar-refractivity contribution is 0.0646. The van der Waals surface area contributed by atoms with Gasteiger partial charge in [0.2, 0.25) is 0 Å². The van der Waals surface area contributed by atoms with E-state index in [1.165, 1.54) is 27.9 Å². The van der Waals surface area contributed by atoms with Crippen molar-refractivity contribution in [1.29, 1.82) is 0 Å². The monoisotopic (exact) mass is 668 g/mol. The van der Waals surface area contributed by atoms with Gasteiger partial charge in [-0.05, 0) is 124 Å². The molecule has 0 radical (unpaired) electrons. The van der Waals surface area contributed by atoms with E-state index in [1.807, 2.05) is 0 Å². The average molecular weight is 669 g/mol. The largest absolute Gasteiger partial charge is 0.378 e. The Labute approximate surface area is 295 Å². The van der Waals surface area contributed by atoms with E-state index >= 15 is 0 Å². The van der Waals surface area contributed by atoms with Crippen molar-refractivity contribution in [2.24, 2.45) is 21.1 Å². The molecule has 4 aromatic rings. The molecular formula is C42H48N6O2. The number of azide groups is 1. The summed E-state index contributed by atoms with van der Waals surface area (Å²) in [5.74, 6) is 0. The predicted molar refractivity (Wildman–Crippen MR) is 204 cm³/mol. The van der Waals surface area contributed by atoms with Crippen molar-refractivity contribution in [2.45, 2.75) is 77.7 Å². The number of benzene rings is 4. The van der Waals surface area contributed by atoms with E-state index < -0.39 is 0 Å². The Morgan fingerprint density at radius 2 is 1.58 bits per heavy atom. The van der Waals surface area contributed by atoms with E-state index in [9.17, 15) is 10.4 Å². The van der Waals surface area contributed by atoms with Gasteiger partial charge in [-0.25, -0.2) is 0 Å². The number of morpholine rings is 1. The molecule has 4 aromatic carbocycles. The Morgan fingerprint density at radius 1 is 0.840 bits per heavy atom. The summed E-state index contributed by atoms with van der Waals surface area (Å²) in [5.41, 5.74) is 19.5. The molecule has 4 aliphatic rings. The molecule has 2 aliphatic heterocycles. The van der Waals surface area contributed by atoms with Crippen LogP contribution in [-0.4, -0.2) is 45.4 Å². The lowest BCUT2D eigenvalue weighted by Gasteiger charge is -2.51. The zero-order valence-electron chi connectivity index (χ0n) is 29.9. The zero-order valence-corrected chi connectivity index (χ0v) is 29.9. The van der Waals surface area contributed by atoms with Gasteiger partial charge >= 0.3 is 0 Å². The van der Waals surface area contributed by atoms with Crippen LogP contribution in [0.4, 0.5) is 17.1 Å². The molecule has 8 heteroatoms. The molecule has 3 fully saturated rings. The topological polar surface area (TPSA) is 93.9 Å². The highest BCUT2D eigenvalue weighted by Crippen LogP contribution is 2.65. The summed E-state index contributed by atoms with van der Waals surface area (Å²) in [5, 5.41) is 9.80. The van der Waals surface area contributed by atoms with Crippen LogP contribution in [0.15, 0.2) is 77.0 Å². The zero-order chi connectivity index (χ0) is 34.7. The fraction of sp³-hybridized carbons (Fsp3) is 0.476. The smallest absolute Gasteiger partial charge is 0.116 e. The van der Waals surface area contributed by atoms with Gasteiger partial charge in [0.15, 0.2) is 0 Å². The first-order chi connectivity index (χ1) is 24.1. The molecule has 0 aromatic heterocycles. The number of ether oxygens (including phenoxy) is 1. The number of fused-ring (bicyclic) bond motifs is 7. The first-order valence-electron chi connectivity index (χ1n) is 18.4. The van der Waals surface area contributed by atoms with Crippen LogP contribution in [0.25, 0.3) is 43.5 Å². The summed E-state index contributed by atoms with van der Waals surface area (Å²) >= 11 is 0. The first-order valence-corrected chi connectivity index (χ1v) is 18.4. The number of hydrogen-bond donors (Lipinski definition) is 0. The van der Waals surface area contributed by atoms with E-state index in [-0.39, 0.29) is 22.3 Å². The molecule has 8 rings (SSSR count). The molecular weight excluding hydrogens is 621 g/mol. The van der Waals surface area contributed by atoms with Gasteiger partial charge in [0.1, 0.15) is 5.69 Å². The molecule has 1 unspecified atom stereocenters. The lowest BCUT2D eigenvalue weighted by atomic mass is 9.52. The molecule has 0 amide bonds. The van der Waals surface area contributed by atoms with Crippen LogP contribution in [0.5, 0.6) is 0 Å². The maximum absolute atomic E-state index is 12.9. The van der Waals surface area contributed by atoms with Gasteiger partial charge in [-0.1, -0.05) is 69.2 Å². The Hall–Kier alpha value is -4.39. The minimum Gasteiger partial charge on any atom is -0.378 e. The van der Waals surface area contributed by atoms with Crippen LogP contribution in [-0.2, 0) is 10.2 Å². The molecule has 50 heavy (non-hydrogen) atoms. The van der Waals surface area contributed by atoms with Crippen LogP contribution < -0.4 is 9.80 Å². The van der Waals surface area contributed by atoms with E-state index in [2.05, 4.69) is 119 Å². The van der Waals surface area contributed by atoms with E-state index in [1.54, 1.807) is 0 Å². The molecule has 2 aliphatic carbocycles. The highest BCUT2D eigenvalue weighted by atomic mass is 16.5.